The normalized spacial score (nSPS) is 10.2. The highest BCUT2D eigenvalue weighted by Gasteiger charge is 2.16. The van der Waals surface area contributed by atoms with Crippen molar-refractivity contribution in [2.45, 2.75) is 13.5 Å². The van der Waals surface area contributed by atoms with Crippen LogP contribution in [-0.2, 0) is 6.54 Å². The van der Waals surface area contributed by atoms with Crippen molar-refractivity contribution in [1.29, 1.82) is 0 Å². The van der Waals surface area contributed by atoms with Crippen LogP contribution < -0.4 is 10.6 Å². The number of carboxylic acids is 1. The summed E-state index contributed by atoms with van der Waals surface area (Å²) in [6.07, 6.45) is 3.16. The number of carbonyl (C=O) groups is 2. The quantitative estimate of drug-likeness (QED) is 0.809. The average Bonchev–Trinajstić information content (AvgIpc) is 2.85. The topological polar surface area (TPSA) is 96.2 Å². The molecule has 7 nitrogen and oxygen atoms in total. The van der Waals surface area contributed by atoms with Gasteiger partial charge < -0.3 is 15.7 Å². The molecule has 2 rings (SSSR count). The van der Waals surface area contributed by atoms with Crippen LogP contribution >= 0.6 is 11.6 Å². The highest BCUT2D eigenvalue weighted by Crippen LogP contribution is 2.24. The van der Waals surface area contributed by atoms with Crippen molar-refractivity contribution < 1.29 is 14.7 Å². The van der Waals surface area contributed by atoms with E-state index in [4.69, 9.17) is 16.7 Å². The van der Waals surface area contributed by atoms with Crippen molar-refractivity contribution in [1.82, 2.24) is 9.78 Å². The lowest BCUT2D eigenvalue weighted by atomic mass is 10.2. The molecular formula is C13H13ClN4O3. The van der Waals surface area contributed by atoms with Crippen molar-refractivity contribution in [3.05, 3.63) is 41.2 Å². The van der Waals surface area contributed by atoms with Crippen LogP contribution in [0.25, 0.3) is 0 Å². The summed E-state index contributed by atoms with van der Waals surface area (Å²) < 4.78 is 1.65. The number of nitrogens with zero attached hydrogens (tertiary/aromatic N) is 2. The van der Waals surface area contributed by atoms with Gasteiger partial charge in [-0.3, -0.25) is 4.68 Å². The van der Waals surface area contributed by atoms with Gasteiger partial charge in [-0.05, 0) is 19.1 Å². The second-order valence-electron chi connectivity index (χ2n) is 4.13. The number of halogens is 1. The van der Waals surface area contributed by atoms with Crippen LogP contribution in [0.4, 0.5) is 16.2 Å². The van der Waals surface area contributed by atoms with Crippen LogP contribution in [0.2, 0.25) is 5.02 Å². The Morgan fingerprint density at radius 1 is 1.38 bits per heavy atom. The molecule has 0 fully saturated rings. The first-order valence-corrected chi connectivity index (χ1v) is 6.51. The van der Waals surface area contributed by atoms with Crippen LogP contribution in [0.5, 0.6) is 0 Å². The SMILES string of the molecule is CCn1cc(NC(=O)Nc2cccc(Cl)c2C(=O)O)cn1. The number of nitrogens with one attached hydrogen (secondary N) is 2. The van der Waals surface area contributed by atoms with E-state index in [1.807, 2.05) is 6.92 Å². The number of rotatable bonds is 4. The Morgan fingerprint density at radius 3 is 2.76 bits per heavy atom. The summed E-state index contributed by atoms with van der Waals surface area (Å²) in [7, 11) is 0. The number of aromatic carboxylic acids is 1. The number of hydrogen-bond acceptors (Lipinski definition) is 3. The largest absolute Gasteiger partial charge is 0.478 e. The molecule has 0 atom stereocenters. The molecule has 2 aromatic rings. The summed E-state index contributed by atoms with van der Waals surface area (Å²) in [6, 6.07) is 3.89. The molecule has 21 heavy (non-hydrogen) atoms. The molecule has 0 radical (unpaired) electrons. The predicted octanol–water partition coefficient (Wildman–Crippen LogP) is 2.90. The standard InChI is InChI=1S/C13H13ClN4O3/c1-2-18-7-8(6-15-18)16-13(21)17-10-5-3-4-9(14)11(10)12(19)20/h3-7H,2H2,1H3,(H,19,20)(H2,16,17,21). The van der Waals surface area contributed by atoms with Crippen LogP contribution in [0, 0.1) is 0 Å². The maximum absolute atomic E-state index is 11.9. The van der Waals surface area contributed by atoms with Gasteiger partial charge in [0, 0.05) is 12.7 Å². The Morgan fingerprint density at radius 2 is 2.14 bits per heavy atom. The molecule has 0 aliphatic heterocycles. The van der Waals surface area contributed by atoms with Crippen LogP contribution in [-0.4, -0.2) is 26.9 Å². The summed E-state index contributed by atoms with van der Waals surface area (Å²) in [6.45, 7) is 2.60. The molecule has 1 aromatic heterocycles. The summed E-state index contributed by atoms with van der Waals surface area (Å²) >= 11 is 5.82. The molecule has 0 spiro atoms. The first-order valence-electron chi connectivity index (χ1n) is 6.13. The number of anilines is 2. The van der Waals surface area contributed by atoms with Crippen LogP contribution in [0.15, 0.2) is 30.6 Å². The molecular weight excluding hydrogens is 296 g/mol. The van der Waals surface area contributed by atoms with E-state index in [0.717, 1.165) is 0 Å². The van der Waals surface area contributed by atoms with Gasteiger partial charge in [0.25, 0.3) is 0 Å². The number of carbonyl (C=O) groups excluding carboxylic acids is 1. The molecule has 0 saturated heterocycles. The molecule has 0 aliphatic rings. The Kier molecular flexibility index (Phi) is 4.44. The third-order valence-electron chi connectivity index (χ3n) is 2.69. The van der Waals surface area contributed by atoms with E-state index in [0.29, 0.717) is 12.2 Å². The van der Waals surface area contributed by atoms with Gasteiger partial charge in [-0.1, -0.05) is 17.7 Å². The van der Waals surface area contributed by atoms with Crippen molar-refractivity contribution >= 4 is 35.0 Å². The molecule has 2 amide bonds. The molecule has 0 aliphatic carbocycles. The van der Waals surface area contributed by atoms with Gasteiger partial charge in [0.2, 0.25) is 0 Å². The van der Waals surface area contributed by atoms with E-state index in [9.17, 15) is 9.59 Å². The van der Waals surface area contributed by atoms with Crippen LogP contribution in [0.3, 0.4) is 0 Å². The molecule has 0 unspecified atom stereocenters. The third-order valence-corrected chi connectivity index (χ3v) is 3.01. The fraction of sp³-hybridized carbons (Fsp3) is 0.154. The Bertz CT molecular complexity index is 684. The summed E-state index contributed by atoms with van der Waals surface area (Å²) in [5.74, 6) is -1.21. The van der Waals surface area contributed by atoms with Crippen LogP contribution in [0.1, 0.15) is 17.3 Å². The third kappa shape index (κ3) is 3.51. The molecule has 0 bridgehead atoms. The lowest BCUT2D eigenvalue weighted by Crippen LogP contribution is -2.21. The number of benzene rings is 1. The minimum Gasteiger partial charge on any atom is -0.478 e. The second-order valence-corrected chi connectivity index (χ2v) is 4.54. The van der Waals surface area contributed by atoms with Crippen molar-refractivity contribution in [3.63, 3.8) is 0 Å². The van der Waals surface area contributed by atoms with Gasteiger partial charge in [-0.15, -0.1) is 0 Å². The number of carboxylic acid groups (broad SMARTS) is 1. The van der Waals surface area contributed by atoms with Gasteiger partial charge in [0.1, 0.15) is 5.56 Å². The van der Waals surface area contributed by atoms with Crippen molar-refractivity contribution in [2.75, 3.05) is 10.6 Å². The van der Waals surface area contributed by atoms with Gasteiger partial charge in [0.05, 0.1) is 22.6 Å². The van der Waals surface area contributed by atoms with Crippen molar-refractivity contribution in [2.24, 2.45) is 0 Å². The smallest absolute Gasteiger partial charge is 0.339 e. The van der Waals surface area contributed by atoms with E-state index in [2.05, 4.69) is 15.7 Å². The van der Waals surface area contributed by atoms with E-state index in [1.54, 1.807) is 16.9 Å². The maximum Gasteiger partial charge on any atom is 0.339 e. The fourth-order valence-electron chi connectivity index (χ4n) is 1.73. The number of aromatic nitrogens is 2. The minimum atomic E-state index is -1.21. The molecule has 110 valence electrons. The lowest BCUT2D eigenvalue weighted by molar-refractivity contribution is 0.0698. The first kappa shape index (κ1) is 14.9. The average molecular weight is 309 g/mol. The number of hydrogen-bond donors (Lipinski definition) is 3. The van der Waals surface area contributed by atoms with E-state index in [1.165, 1.54) is 18.3 Å². The number of amides is 2. The Balaban J connectivity index is 2.13. The zero-order valence-electron chi connectivity index (χ0n) is 11.1. The zero-order chi connectivity index (χ0) is 15.4. The molecule has 3 N–H and O–H groups in total. The monoisotopic (exact) mass is 308 g/mol. The molecule has 0 saturated carbocycles. The Labute approximate surface area is 125 Å². The fourth-order valence-corrected chi connectivity index (χ4v) is 1.99. The van der Waals surface area contributed by atoms with Gasteiger partial charge in [-0.2, -0.15) is 5.10 Å². The van der Waals surface area contributed by atoms with E-state index >= 15 is 0 Å². The predicted molar refractivity (Wildman–Crippen MR) is 79.0 cm³/mol. The number of urea groups is 1. The van der Waals surface area contributed by atoms with E-state index < -0.39 is 12.0 Å². The summed E-state index contributed by atoms with van der Waals surface area (Å²) in [5, 5.41) is 18.2. The zero-order valence-corrected chi connectivity index (χ0v) is 11.9. The van der Waals surface area contributed by atoms with E-state index in [-0.39, 0.29) is 16.3 Å². The highest BCUT2D eigenvalue weighted by molar-refractivity contribution is 6.34. The van der Waals surface area contributed by atoms with Gasteiger partial charge in [-0.25, -0.2) is 9.59 Å². The maximum atomic E-state index is 11.9. The highest BCUT2D eigenvalue weighted by atomic mass is 35.5. The molecule has 1 aromatic carbocycles. The summed E-state index contributed by atoms with van der Waals surface area (Å²) in [5.41, 5.74) is 0.474. The molecule has 1 heterocycles. The second kappa shape index (κ2) is 6.27. The number of aryl methyl sites for hydroxylation is 1. The van der Waals surface area contributed by atoms with Crippen molar-refractivity contribution in [3.8, 4) is 0 Å². The van der Waals surface area contributed by atoms with Gasteiger partial charge >= 0.3 is 12.0 Å². The Hall–Kier alpha value is -2.54. The summed E-state index contributed by atoms with van der Waals surface area (Å²) in [4.78, 5) is 23.0. The lowest BCUT2D eigenvalue weighted by Gasteiger charge is -2.09. The minimum absolute atomic E-state index is 0.0547. The van der Waals surface area contributed by atoms with Gasteiger partial charge in [0.15, 0.2) is 0 Å². The molecule has 8 heteroatoms. The first-order chi connectivity index (χ1) is 10.0.